The fourth-order valence-electron chi connectivity index (χ4n) is 2.74. The summed E-state index contributed by atoms with van der Waals surface area (Å²) in [6.45, 7) is 0. The van der Waals surface area contributed by atoms with Gasteiger partial charge in [-0.2, -0.15) is 0 Å². The average Bonchev–Trinajstić information content (AvgIpc) is 3.15. The molecule has 2 N–H and O–H groups in total. The molecule has 0 aliphatic heterocycles. The Hall–Kier alpha value is -0.660. The van der Waals surface area contributed by atoms with Crippen molar-refractivity contribution in [3.63, 3.8) is 0 Å². The highest BCUT2D eigenvalue weighted by Crippen LogP contribution is 2.33. The van der Waals surface area contributed by atoms with Crippen molar-refractivity contribution in [3.8, 4) is 0 Å². The summed E-state index contributed by atoms with van der Waals surface area (Å²) in [5, 5.41) is 12.5. The minimum atomic E-state index is -3.24. The fraction of sp³-hybridized carbons (Fsp3) is 0.769. The van der Waals surface area contributed by atoms with E-state index in [0.29, 0.717) is 11.6 Å². The number of nitrogens with zero attached hydrogens (tertiary/aromatic N) is 1. The van der Waals surface area contributed by atoms with E-state index in [4.69, 9.17) is 0 Å². The Morgan fingerprint density at radius 3 is 2.70 bits per heavy atom. The molecule has 0 atom stereocenters. The first kappa shape index (κ1) is 14.3. The van der Waals surface area contributed by atoms with Crippen LogP contribution in [0.2, 0.25) is 0 Å². The first-order valence-corrected chi connectivity index (χ1v) is 9.58. The Morgan fingerprint density at radius 2 is 2.05 bits per heavy atom. The number of rotatable bonds is 5. The van der Waals surface area contributed by atoms with Crippen molar-refractivity contribution >= 4 is 26.5 Å². The molecule has 0 radical (unpaired) electrons. The number of hydrogen-bond donors (Lipinski definition) is 2. The molecule has 1 aromatic heterocycles. The lowest BCUT2D eigenvalue weighted by Crippen LogP contribution is -2.33. The van der Waals surface area contributed by atoms with Crippen molar-refractivity contribution in [2.75, 3.05) is 4.72 Å². The normalized spacial score (nSPS) is 22.6. The number of nitrogens with one attached hydrogen (secondary N) is 1. The van der Waals surface area contributed by atoms with Gasteiger partial charge in [0, 0.05) is 11.8 Å². The van der Waals surface area contributed by atoms with Crippen LogP contribution in [0.5, 0.6) is 0 Å². The van der Waals surface area contributed by atoms with Crippen LogP contribution in [0.15, 0.2) is 5.38 Å². The van der Waals surface area contributed by atoms with E-state index in [0.717, 1.165) is 44.2 Å². The number of anilines is 1. The zero-order valence-electron chi connectivity index (χ0n) is 11.3. The molecule has 0 spiro atoms. The Labute approximate surface area is 123 Å². The quantitative estimate of drug-likeness (QED) is 0.873. The standard InChI is InChI=1S/C13H20N2O3S2/c16-13(6-2-1-3-7-13)8-10-9-19-12(14-10)15-20(17,18)11-4-5-11/h9,11,16H,1-8H2,(H,14,15). The maximum atomic E-state index is 11.8. The van der Waals surface area contributed by atoms with E-state index < -0.39 is 15.6 Å². The van der Waals surface area contributed by atoms with Crippen LogP contribution in [-0.4, -0.2) is 29.4 Å². The monoisotopic (exact) mass is 316 g/mol. The van der Waals surface area contributed by atoms with E-state index in [1.165, 1.54) is 17.8 Å². The van der Waals surface area contributed by atoms with E-state index >= 15 is 0 Å². The predicted molar refractivity (Wildman–Crippen MR) is 79.4 cm³/mol. The molecule has 0 bridgehead atoms. The average molecular weight is 316 g/mol. The van der Waals surface area contributed by atoms with E-state index in [9.17, 15) is 13.5 Å². The van der Waals surface area contributed by atoms with E-state index in [2.05, 4.69) is 9.71 Å². The maximum absolute atomic E-state index is 11.8. The predicted octanol–water partition coefficient (Wildman–Crippen LogP) is 2.28. The highest BCUT2D eigenvalue weighted by molar-refractivity contribution is 7.93. The largest absolute Gasteiger partial charge is 0.389 e. The van der Waals surface area contributed by atoms with Gasteiger partial charge in [0.05, 0.1) is 16.5 Å². The van der Waals surface area contributed by atoms with E-state index in [1.807, 2.05) is 5.38 Å². The number of sulfonamides is 1. The van der Waals surface area contributed by atoms with Gasteiger partial charge in [0.25, 0.3) is 0 Å². The molecular weight excluding hydrogens is 296 g/mol. The summed E-state index contributed by atoms with van der Waals surface area (Å²) in [5.41, 5.74) is 0.131. The summed E-state index contributed by atoms with van der Waals surface area (Å²) >= 11 is 1.30. The maximum Gasteiger partial charge on any atom is 0.237 e. The Kier molecular flexibility index (Phi) is 3.77. The summed E-state index contributed by atoms with van der Waals surface area (Å²) in [5.74, 6) is 0. The van der Waals surface area contributed by atoms with Crippen molar-refractivity contribution in [3.05, 3.63) is 11.1 Å². The minimum Gasteiger partial charge on any atom is -0.389 e. The summed E-state index contributed by atoms with van der Waals surface area (Å²) in [6.07, 6.45) is 6.94. The van der Waals surface area contributed by atoms with Crippen LogP contribution in [0.25, 0.3) is 0 Å². The zero-order valence-corrected chi connectivity index (χ0v) is 13.0. The highest BCUT2D eigenvalue weighted by Gasteiger charge is 2.36. The Bertz CT molecular complexity index is 572. The van der Waals surface area contributed by atoms with E-state index in [1.54, 1.807) is 0 Å². The van der Waals surface area contributed by atoms with E-state index in [-0.39, 0.29) is 5.25 Å². The lowest BCUT2D eigenvalue weighted by atomic mass is 9.82. The molecule has 20 heavy (non-hydrogen) atoms. The van der Waals surface area contributed by atoms with Gasteiger partial charge in [0.2, 0.25) is 10.0 Å². The zero-order chi connectivity index (χ0) is 14.2. The molecule has 0 saturated heterocycles. The van der Waals surface area contributed by atoms with Gasteiger partial charge in [0.1, 0.15) is 0 Å². The molecule has 3 rings (SSSR count). The molecule has 0 aromatic carbocycles. The molecule has 0 amide bonds. The first-order chi connectivity index (χ1) is 9.47. The number of aromatic nitrogens is 1. The minimum absolute atomic E-state index is 0.239. The summed E-state index contributed by atoms with van der Waals surface area (Å²) in [7, 11) is -3.24. The van der Waals surface area contributed by atoms with Crippen LogP contribution in [0, 0.1) is 0 Å². The van der Waals surface area contributed by atoms with Crippen molar-refractivity contribution in [2.24, 2.45) is 0 Å². The second-order valence-electron chi connectivity index (χ2n) is 5.95. The van der Waals surface area contributed by atoms with Crippen LogP contribution in [0.1, 0.15) is 50.6 Å². The topological polar surface area (TPSA) is 79.3 Å². The van der Waals surface area contributed by atoms with Crippen LogP contribution in [-0.2, 0) is 16.4 Å². The molecule has 1 aromatic rings. The third kappa shape index (κ3) is 3.32. The van der Waals surface area contributed by atoms with Gasteiger partial charge < -0.3 is 5.11 Å². The summed E-state index contributed by atoms with van der Waals surface area (Å²) in [4.78, 5) is 4.31. The van der Waals surface area contributed by atoms with Crippen molar-refractivity contribution in [1.29, 1.82) is 0 Å². The van der Waals surface area contributed by atoms with Gasteiger partial charge in [0.15, 0.2) is 5.13 Å². The van der Waals surface area contributed by atoms with Gasteiger partial charge >= 0.3 is 0 Å². The Morgan fingerprint density at radius 1 is 1.35 bits per heavy atom. The summed E-state index contributed by atoms with van der Waals surface area (Å²) in [6, 6.07) is 0. The molecular formula is C13H20N2O3S2. The molecule has 112 valence electrons. The highest BCUT2D eigenvalue weighted by atomic mass is 32.2. The molecule has 2 fully saturated rings. The number of thiazole rings is 1. The van der Waals surface area contributed by atoms with Gasteiger partial charge in [-0.3, -0.25) is 4.72 Å². The lowest BCUT2D eigenvalue weighted by Gasteiger charge is -2.31. The van der Waals surface area contributed by atoms with Crippen molar-refractivity contribution < 1.29 is 13.5 Å². The molecule has 5 nitrogen and oxygen atoms in total. The molecule has 2 saturated carbocycles. The van der Waals surface area contributed by atoms with Gasteiger partial charge in [-0.05, 0) is 25.7 Å². The second-order valence-corrected chi connectivity index (χ2v) is 8.77. The third-order valence-electron chi connectivity index (χ3n) is 4.04. The molecule has 2 aliphatic rings. The van der Waals surface area contributed by atoms with Gasteiger partial charge in [-0.25, -0.2) is 13.4 Å². The smallest absolute Gasteiger partial charge is 0.237 e. The number of hydrogen-bond acceptors (Lipinski definition) is 5. The third-order valence-corrected chi connectivity index (χ3v) is 6.80. The Balaban J connectivity index is 1.64. The first-order valence-electron chi connectivity index (χ1n) is 7.15. The number of aliphatic hydroxyl groups is 1. The van der Waals surface area contributed by atoms with Crippen LogP contribution >= 0.6 is 11.3 Å². The van der Waals surface area contributed by atoms with Crippen molar-refractivity contribution in [2.45, 2.75) is 62.2 Å². The summed E-state index contributed by atoms with van der Waals surface area (Å²) < 4.78 is 26.2. The molecule has 0 unspecified atom stereocenters. The van der Waals surface area contributed by atoms with Gasteiger partial charge in [-0.1, -0.05) is 19.3 Å². The fourth-order valence-corrected chi connectivity index (χ4v) is 5.05. The van der Waals surface area contributed by atoms with Crippen LogP contribution in [0.4, 0.5) is 5.13 Å². The second kappa shape index (κ2) is 5.27. The van der Waals surface area contributed by atoms with Gasteiger partial charge in [-0.15, -0.1) is 11.3 Å². The SMILES string of the molecule is O=S(=O)(Nc1nc(CC2(O)CCCCC2)cs1)C1CC1. The molecule has 7 heteroatoms. The van der Waals surface area contributed by atoms with Crippen LogP contribution < -0.4 is 4.72 Å². The van der Waals surface area contributed by atoms with Crippen molar-refractivity contribution in [1.82, 2.24) is 4.98 Å². The molecule has 1 heterocycles. The lowest BCUT2D eigenvalue weighted by molar-refractivity contribution is 0.00381. The molecule has 2 aliphatic carbocycles. The van der Waals surface area contributed by atoms with Crippen LogP contribution in [0.3, 0.4) is 0 Å².